The fraction of sp³-hybridized carbons (Fsp3) is 0.100. The van der Waals surface area contributed by atoms with Crippen LogP contribution in [0.15, 0.2) is 23.2 Å². The molecule has 0 atom stereocenters. The van der Waals surface area contributed by atoms with Gasteiger partial charge in [-0.05, 0) is 24.6 Å². The molecule has 0 radical (unpaired) electrons. The van der Waals surface area contributed by atoms with E-state index in [0.717, 1.165) is 5.56 Å². The number of hydrogen-bond donors (Lipinski definition) is 2. The van der Waals surface area contributed by atoms with Crippen LogP contribution in [0.2, 0.25) is 0 Å². The highest BCUT2D eigenvalue weighted by Crippen LogP contribution is 2.30. The molecule has 1 heterocycles. The largest absolute Gasteiger partial charge is 0.370 e. The number of halogens is 1. The van der Waals surface area contributed by atoms with E-state index in [0.29, 0.717) is 15.7 Å². The second-order valence-electron chi connectivity index (χ2n) is 3.39. The molecule has 5 nitrogen and oxygen atoms in total. The number of benzene rings is 1. The fourth-order valence-electron chi connectivity index (χ4n) is 1.30. The minimum atomic E-state index is -0.316. The van der Waals surface area contributed by atoms with E-state index in [9.17, 15) is 4.39 Å². The Kier molecular flexibility index (Phi) is 3.01. The van der Waals surface area contributed by atoms with Gasteiger partial charge < -0.3 is 11.5 Å². The summed E-state index contributed by atoms with van der Waals surface area (Å²) in [4.78, 5) is 3.78. The molecule has 0 saturated carbocycles. The van der Waals surface area contributed by atoms with Gasteiger partial charge in [-0.15, -0.1) is 10.2 Å². The van der Waals surface area contributed by atoms with E-state index in [1.54, 1.807) is 6.07 Å². The van der Waals surface area contributed by atoms with Crippen LogP contribution in [0.1, 0.15) is 5.56 Å². The SMILES string of the molecule is Cc1ccc(F)cc1-c1nnc(N=C(N)N)s1. The molecule has 1 aromatic carbocycles. The molecule has 17 heavy (non-hydrogen) atoms. The molecular formula is C10H10FN5S. The summed E-state index contributed by atoms with van der Waals surface area (Å²) in [6, 6.07) is 4.50. The Morgan fingerprint density at radius 3 is 2.82 bits per heavy atom. The molecule has 7 heteroatoms. The van der Waals surface area contributed by atoms with Crippen molar-refractivity contribution in [3.05, 3.63) is 29.6 Å². The lowest BCUT2D eigenvalue weighted by Gasteiger charge is -2.00. The Hall–Kier alpha value is -2.02. The van der Waals surface area contributed by atoms with Crippen molar-refractivity contribution < 1.29 is 4.39 Å². The molecule has 4 N–H and O–H groups in total. The van der Waals surface area contributed by atoms with Crippen molar-refractivity contribution in [3.8, 4) is 10.6 Å². The highest BCUT2D eigenvalue weighted by atomic mass is 32.1. The average Bonchev–Trinajstić information content (AvgIpc) is 2.69. The Bertz CT molecular complexity index is 574. The highest BCUT2D eigenvalue weighted by Gasteiger charge is 2.09. The van der Waals surface area contributed by atoms with Crippen molar-refractivity contribution in [3.63, 3.8) is 0 Å². The summed E-state index contributed by atoms with van der Waals surface area (Å²) in [5.41, 5.74) is 12.1. The van der Waals surface area contributed by atoms with Gasteiger partial charge in [0.2, 0.25) is 5.13 Å². The highest BCUT2D eigenvalue weighted by molar-refractivity contribution is 7.18. The van der Waals surface area contributed by atoms with E-state index in [4.69, 9.17) is 11.5 Å². The molecule has 1 aromatic heterocycles. The van der Waals surface area contributed by atoms with Gasteiger partial charge in [0.25, 0.3) is 0 Å². The van der Waals surface area contributed by atoms with Crippen LogP contribution in [0, 0.1) is 12.7 Å². The number of nitrogens with zero attached hydrogens (tertiary/aromatic N) is 3. The first-order chi connectivity index (χ1) is 8.06. The number of aryl methyl sites for hydroxylation is 1. The Balaban J connectivity index is 2.43. The van der Waals surface area contributed by atoms with Gasteiger partial charge in [-0.1, -0.05) is 17.4 Å². The van der Waals surface area contributed by atoms with Crippen molar-refractivity contribution in [1.29, 1.82) is 0 Å². The number of aliphatic imine (C=N–C) groups is 1. The number of hydrogen-bond acceptors (Lipinski definition) is 4. The molecule has 0 aliphatic carbocycles. The number of rotatable bonds is 2. The molecule has 0 amide bonds. The van der Waals surface area contributed by atoms with Crippen LogP contribution in [0.5, 0.6) is 0 Å². The first-order valence-electron chi connectivity index (χ1n) is 4.76. The summed E-state index contributed by atoms with van der Waals surface area (Å²) in [5, 5.41) is 8.66. The molecule has 2 aromatic rings. The molecule has 2 rings (SSSR count). The maximum absolute atomic E-state index is 13.1. The molecule has 0 bridgehead atoms. The second kappa shape index (κ2) is 4.46. The molecule has 88 valence electrons. The first-order valence-corrected chi connectivity index (χ1v) is 5.57. The maximum atomic E-state index is 13.1. The summed E-state index contributed by atoms with van der Waals surface area (Å²) in [5.74, 6) is -0.396. The second-order valence-corrected chi connectivity index (χ2v) is 4.34. The third kappa shape index (κ3) is 2.56. The summed E-state index contributed by atoms with van der Waals surface area (Å²) in [6.07, 6.45) is 0. The van der Waals surface area contributed by atoms with Gasteiger partial charge in [0.05, 0.1) is 0 Å². The van der Waals surface area contributed by atoms with E-state index in [1.165, 1.54) is 23.5 Å². The lowest BCUT2D eigenvalue weighted by molar-refractivity contribution is 0.628. The fourth-order valence-corrected chi connectivity index (χ4v) is 2.12. The van der Waals surface area contributed by atoms with Crippen molar-refractivity contribution >= 4 is 22.4 Å². The van der Waals surface area contributed by atoms with Gasteiger partial charge in [0.15, 0.2) is 5.96 Å². The maximum Gasteiger partial charge on any atom is 0.235 e. The quantitative estimate of drug-likeness (QED) is 0.626. The van der Waals surface area contributed by atoms with Crippen molar-refractivity contribution in [2.24, 2.45) is 16.5 Å². The van der Waals surface area contributed by atoms with Gasteiger partial charge in [-0.2, -0.15) is 4.99 Å². The topological polar surface area (TPSA) is 90.2 Å². The van der Waals surface area contributed by atoms with Gasteiger partial charge in [-0.25, -0.2) is 4.39 Å². The third-order valence-electron chi connectivity index (χ3n) is 2.07. The van der Waals surface area contributed by atoms with Crippen LogP contribution < -0.4 is 11.5 Å². The number of aromatic nitrogens is 2. The minimum Gasteiger partial charge on any atom is -0.370 e. The van der Waals surface area contributed by atoms with E-state index in [2.05, 4.69) is 15.2 Å². The lowest BCUT2D eigenvalue weighted by atomic mass is 10.1. The van der Waals surface area contributed by atoms with Gasteiger partial charge in [0, 0.05) is 5.56 Å². The van der Waals surface area contributed by atoms with Crippen molar-refractivity contribution in [1.82, 2.24) is 10.2 Å². The first kappa shape index (κ1) is 11.5. The molecule has 0 aliphatic heterocycles. The number of nitrogens with two attached hydrogens (primary N) is 2. The van der Waals surface area contributed by atoms with Crippen molar-refractivity contribution in [2.75, 3.05) is 0 Å². The smallest absolute Gasteiger partial charge is 0.235 e. The van der Waals surface area contributed by atoms with Gasteiger partial charge in [-0.3, -0.25) is 0 Å². The van der Waals surface area contributed by atoms with E-state index in [-0.39, 0.29) is 11.8 Å². The summed E-state index contributed by atoms with van der Waals surface area (Å²) >= 11 is 1.20. The van der Waals surface area contributed by atoms with E-state index in [1.807, 2.05) is 6.92 Å². The molecular weight excluding hydrogens is 241 g/mol. The Labute approximate surface area is 101 Å². The predicted octanol–water partition coefficient (Wildman–Crippen LogP) is 1.56. The predicted molar refractivity (Wildman–Crippen MR) is 65.5 cm³/mol. The lowest BCUT2D eigenvalue weighted by Crippen LogP contribution is -2.21. The zero-order chi connectivity index (χ0) is 12.4. The molecule has 0 spiro atoms. The van der Waals surface area contributed by atoms with Crippen LogP contribution in [-0.2, 0) is 0 Å². The standard InChI is InChI=1S/C10H10FN5S/c1-5-2-3-6(11)4-7(5)8-15-16-10(17-8)14-9(12)13/h2-4H,1H3,(H4,12,13,14,16). The Morgan fingerprint density at radius 1 is 1.35 bits per heavy atom. The average molecular weight is 251 g/mol. The van der Waals surface area contributed by atoms with E-state index >= 15 is 0 Å². The zero-order valence-corrected chi connectivity index (χ0v) is 9.83. The van der Waals surface area contributed by atoms with Crippen LogP contribution in [0.25, 0.3) is 10.6 Å². The molecule has 0 fully saturated rings. The normalized spacial score (nSPS) is 10.2. The Morgan fingerprint density at radius 2 is 2.12 bits per heavy atom. The molecule has 0 aliphatic rings. The third-order valence-corrected chi connectivity index (χ3v) is 2.92. The molecule has 0 saturated heterocycles. The van der Waals surface area contributed by atoms with Gasteiger partial charge >= 0.3 is 0 Å². The van der Waals surface area contributed by atoms with Crippen LogP contribution in [-0.4, -0.2) is 16.2 Å². The minimum absolute atomic E-state index is 0.0799. The summed E-state index contributed by atoms with van der Waals surface area (Å²) in [7, 11) is 0. The zero-order valence-electron chi connectivity index (χ0n) is 9.01. The molecule has 0 unspecified atom stereocenters. The summed E-state index contributed by atoms with van der Waals surface area (Å²) in [6.45, 7) is 1.87. The number of guanidine groups is 1. The van der Waals surface area contributed by atoms with Crippen LogP contribution in [0.4, 0.5) is 9.52 Å². The van der Waals surface area contributed by atoms with E-state index < -0.39 is 0 Å². The van der Waals surface area contributed by atoms with Gasteiger partial charge in [0.1, 0.15) is 10.8 Å². The monoisotopic (exact) mass is 251 g/mol. The van der Waals surface area contributed by atoms with Crippen LogP contribution in [0.3, 0.4) is 0 Å². The van der Waals surface area contributed by atoms with Crippen molar-refractivity contribution in [2.45, 2.75) is 6.92 Å². The van der Waals surface area contributed by atoms with Crippen LogP contribution >= 0.6 is 11.3 Å². The summed E-state index contributed by atoms with van der Waals surface area (Å²) < 4.78 is 13.1.